The van der Waals surface area contributed by atoms with Crippen LogP contribution in [0.25, 0.3) is 6.20 Å². The maximum Gasteiger partial charge on any atom is 0.439 e. The van der Waals surface area contributed by atoms with Crippen LogP contribution in [-0.2, 0) is 0 Å². The molecule has 0 unspecified atom stereocenters. The molecule has 0 aliphatic rings. The lowest BCUT2D eigenvalue weighted by Gasteiger charge is -1.93. The Balaban J connectivity index is 3.08. The largest absolute Gasteiger partial charge is 0.479 e. The van der Waals surface area contributed by atoms with Crippen LogP contribution in [0.4, 0.5) is 5.95 Å². The van der Waals surface area contributed by atoms with Crippen molar-refractivity contribution in [2.45, 2.75) is 0 Å². The Labute approximate surface area is 66.4 Å². The minimum absolute atomic E-state index is 0.476. The quantitative estimate of drug-likeness (QED) is 0.386. The molecule has 0 bridgehead atoms. The van der Waals surface area contributed by atoms with Gasteiger partial charge in [0.05, 0.1) is 0 Å². The van der Waals surface area contributed by atoms with Crippen LogP contribution < -0.4 is 0 Å². The Bertz CT molecular complexity index is 325. The molecule has 0 saturated carbocycles. The molecule has 0 radical (unpaired) electrons. The highest BCUT2D eigenvalue weighted by Gasteiger charge is 2.12. The summed E-state index contributed by atoms with van der Waals surface area (Å²) in [6, 6.07) is 0. The summed E-state index contributed by atoms with van der Waals surface area (Å²) < 4.78 is 0.884. The van der Waals surface area contributed by atoms with Crippen LogP contribution in [0.1, 0.15) is 0 Å². The van der Waals surface area contributed by atoms with Crippen molar-refractivity contribution in [3.8, 4) is 0 Å². The van der Waals surface area contributed by atoms with Crippen molar-refractivity contribution in [1.29, 1.82) is 0 Å². The lowest BCUT2D eigenvalue weighted by Crippen LogP contribution is -1.97. The van der Waals surface area contributed by atoms with Crippen LogP contribution in [0.2, 0.25) is 0 Å². The first-order valence-electron chi connectivity index (χ1n) is 2.88. The Morgan fingerprint density at radius 2 is 2.42 bits per heavy atom. The Kier molecular flexibility index (Phi) is 1.95. The third-order valence-corrected chi connectivity index (χ3v) is 1.07. The predicted molar refractivity (Wildman–Crippen MR) is 38.4 cm³/mol. The fraction of sp³-hybridized carbons (Fsp3) is 0. The smallest absolute Gasteiger partial charge is 0.439 e. The normalized spacial score (nSPS) is 9.33. The summed E-state index contributed by atoms with van der Waals surface area (Å²) in [5, 5.41) is 26.9. The molecule has 64 valence electrons. The third kappa shape index (κ3) is 1.51. The number of hydrogen-bond donors (Lipinski definition) is 2. The zero-order chi connectivity index (χ0) is 9.14. The molecule has 0 aliphatic heterocycles. The molecule has 1 rings (SSSR count). The van der Waals surface area contributed by atoms with Crippen molar-refractivity contribution in [3.05, 3.63) is 28.5 Å². The summed E-state index contributed by atoms with van der Waals surface area (Å²) in [4.78, 5) is 12.8. The van der Waals surface area contributed by atoms with E-state index in [4.69, 9.17) is 10.2 Å². The van der Waals surface area contributed by atoms with Gasteiger partial charge >= 0.3 is 11.9 Å². The van der Waals surface area contributed by atoms with E-state index in [1.54, 1.807) is 0 Å². The number of rotatable bonds is 2. The average Bonchev–Trinajstić information content (AvgIpc) is 2.33. The molecule has 0 amide bonds. The standard InChI is InChI=1S/C5H5N3O4/c9-4(10)3-7-2-1-6-5(7)8(11)12/h1-3,9-10H. The van der Waals surface area contributed by atoms with Gasteiger partial charge in [-0.2, -0.15) is 4.57 Å². The van der Waals surface area contributed by atoms with E-state index in [1.807, 2.05) is 0 Å². The molecule has 0 fully saturated rings. The van der Waals surface area contributed by atoms with Crippen molar-refractivity contribution in [2.24, 2.45) is 0 Å². The maximum atomic E-state index is 10.2. The van der Waals surface area contributed by atoms with E-state index in [2.05, 4.69) is 4.98 Å². The Hall–Kier alpha value is -2.05. The number of aliphatic hydroxyl groups is 2. The van der Waals surface area contributed by atoms with Gasteiger partial charge in [0, 0.05) is 0 Å². The van der Waals surface area contributed by atoms with Gasteiger partial charge in [0.15, 0.2) is 6.20 Å². The second kappa shape index (κ2) is 2.91. The Morgan fingerprint density at radius 3 is 2.92 bits per heavy atom. The molecule has 7 heteroatoms. The lowest BCUT2D eigenvalue weighted by molar-refractivity contribution is -0.395. The van der Waals surface area contributed by atoms with E-state index in [9.17, 15) is 10.1 Å². The summed E-state index contributed by atoms with van der Waals surface area (Å²) in [5.41, 5.74) is 0. The van der Waals surface area contributed by atoms with E-state index in [-0.39, 0.29) is 0 Å². The van der Waals surface area contributed by atoms with Crippen LogP contribution in [0, 0.1) is 10.1 Å². The number of hydrogen-bond acceptors (Lipinski definition) is 5. The van der Waals surface area contributed by atoms with Crippen molar-refractivity contribution >= 4 is 12.1 Å². The van der Waals surface area contributed by atoms with E-state index < -0.39 is 16.8 Å². The van der Waals surface area contributed by atoms with Crippen molar-refractivity contribution in [3.63, 3.8) is 0 Å². The predicted octanol–water partition coefficient (Wildman–Crippen LogP) is 0.663. The van der Waals surface area contributed by atoms with Gasteiger partial charge in [-0.1, -0.05) is 4.98 Å². The van der Waals surface area contributed by atoms with Crippen LogP contribution in [0.15, 0.2) is 18.3 Å². The molecular weight excluding hydrogens is 166 g/mol. The highest BCUT2D eigenvalue weighted by molar-refractivity contribution is 5.30. The molecule has 0 aliphatic carbocycles. The molecule has 1 heterocycles. The van der Waals surface area contributed by atoms with Gasteiger partial charge in [-0.05, 0) is 4.92 Å². The van der Waals surface area contributed by atoms with E-state index in [1.165, 1.54) is 12.4 Å². The molecule has 0 atom stereocenters. The first-order chi connectivity index (χ1) is 5.61. The summed E-state index contributed by atoms with van der Waals surface area (Å²) >= 11 is 0. The fourth-order valence-electron chi connectivity index (χ4n) is 0.672. The van der Waals surface area contributed by atoms with Crippen LogP contribution >= 0.6 is 0 Å². The van der Waals surface area contributed by atoms with Gasteiger partial charge in [-0.15, -0.1) is 0 Å². The number of aromatic nitrogens is 2. The average molecular weight is 171 g/mol. The highest BCUT2D eigenvalue weighted by Crippen LogP contribution is 2.07. The molecule has 2 N–H and O–H groups in total. The molecule has 0 saturated heterocycles. The number of aliphatic hydroxyl groups excluding tert-OH is 1. The second-order valence-electron chi connectivity index (χ2n) is 1.88. The molecule has 1 aromatic heterocycles. The number of nitrogens with zero attached hydrogens (tertiary/aromatic N) is 3. The first-order valence-corrected chi connectivity index (χ1v) is 2.88. The molecule has 1 aromatic rings. The summed E-state index contributed by atoms with van der Waals surface area (Å²) in [7, 11) is 0. The van der Waals surface area contributed by atoms with Crippen LogP contribution in [0.5, 0.6) is 0 Å². The van der Waals surface area contributed by atoms with Gasteiger partial charge in [-0.3, -0.25) is 0 Å². The van der Waals surface area contributed by atoms with E-state index >= 15 is 0 Å². The number of nitro groups is 1. The SMILES string of the molecule is O=[N+]([O-])c1nccn1C=C(O)O. The summed E-state index contributed by atoms with van der Waals surface area (Å²) in [6.45, 7) is 0. The van der Waals surface area contributed by atoms with Gasteiger partial charge in [0.2, 0.25) is 0 Å². The number of imidazole rings is 1. The summed E-state index contributed by atoms with van der Waals surface area (Å²) in [6.07, 6.45) is 3.17. The second-order valence-corrected chi connectivity index (χ2v) is 1.88. The van der Waals surface area contributed by atoms with Gasteiger partial charge in [0.25, 0.3) is 0 Å². The van der Waals surface area contributed by atoms with Crippen LogP contribution in [-0.4, -0.2) is 24.7 Å². The van der Waals surface area contributed by atoms with Crippen molar-refractivity contribution in [2.75, 3.05) is 0 Å². The lowest BCUT2D eigenvalue weighted by atomic mass is 10.8. The maximum absolute atomic E-state index is 10.2. The van der Waals surface area contributed by atoms with Gasteiger partial charge in [-0.25, -0.2) is 0 Å². The topological polar surface area (TPSA) is 101 Å². The van der Waals surface area contributed by atoms with E-state index in [0.29, 0.717) is 0 Å². The molecule has 7 nitrogen and oxygen atoms in total. The molecule has 0 spiro atoms. The van der Waals surface area contributed by atoms with Crippen LogP contribution in [0.3, 0.4) is 0 Å². The van der Waals surface area contributed by atoms with E-state index in [0.717, 1.165) is 10.8 Å². The van der Waals surface area contributed by atoms with Crippen molar-refractivity contribution in [1.82, 2.24) is 9.55 Å². The highest BCUT2D eigenvalue weighted by atomic mass is 16.6. The van der Waals surface area contributed by atoms with Gasteiger partial charge in [0.1, 0.15) is 12.4 Å². The fourth-order valence-corrected chi connectivity index (χ4v) is 0.672. The molecule has 12 heavy (non-hydrogen) atoms. The monoisotopic (exact) mass is 171 g/mol. The van der Waals surface area contributed by atoms with Crippen molar-refractivity contribution < 1.29 is 15.1 Å². The van der Waals surface area contributed by atoms with Gasteiger partial charge < -0.3 is 20.3 Å². The first kappa shape index (κ1) is 8.05. The molecular formula is C5H5N3O4. The Morgan fingerprint density at radius 1 is 1.75 bits per heavy atom. The minimum atomic E-state index is -1.02. The molecule has 0 aromatic carbocycles. The third-order valence-electron chi connectivity index (χ3n) is 1.07. The zero-order valence-corrected chi connectivity index (χ0v) is 5.78. The minimum Gasteiger partial charge on any atom is -0.479 e. The summed E-state index contributed by atoms with van der Waals surface area (Å²) in [5.74, 6) is -1.49. The zero-order valence-electron chi connectivity index (χ0n) is 5.78.